The Balaban J connectivity index is 1.60. The van der Waals surface area contributed by atoms with Crippen LogP contribution in [0.5, 0.6) is 0 Å². The van der Waals surface area contributed by atoms with Crippen LogP contribution >= 0.6 is 0 Å². The van der Waals surface area contributed by atoms with Crippen molar-refractivity contribution in [3.05, 3.63) is 42.4 Å². The zero-order chi connectivity index (χ0) is 17.5. The van der Waals surface area contributed by atoms with Crippen molar-refractivity contribution in [1.29, 1.82) is 0 Å². The number of oxazole rings is 1. The molecule has 1 aromatic carbocycles. The summed E-state index contributed by atoms with van der Waals surface area (Å²) < 4.78 is 5.82. The lowest BCUT2D eigenvalue weighted by Gasteiger charge is -2.41. The first-order valence-electron chi connectivity index (χ1n) is 9.27. The van der Waals surface area contributed by atoms with Crippen LogP contribution in [0.25, 0.3) is 11.3 Å². The van der Waals surface area contributed by atoms with Crippen molar-refractivity contribution in [1.82, 2.24) is 15.6 Å². The van der Waals surface area contributed by atoms with Gasteiger partial charge in [0, 0.05) is 18.7 Å². The number of rotatable bonds is 7. The van der Waals surface area contributed by atoms with Gasteiger partial charge < -0.3 is 15.1 Å². The summed E-state index contributed by atoms with van der Waals surface area (Å²) in [5.74, 6) is 2.25. The van der Waals surface area contributed by atoms with E-state index >= 15 is 0 Å². The number of hydrogen-bond donors (Lipinski definition) is 2. The molecule has 1 aliphatic rings. The molecule has 1 aromatic heterocycles. The Morgan fingerprint density at radius 3 is 2.64 bits per heavy atom. The van der Waals surface area contributed by atoms with Gasteiger partial charge in [0.1, 0.15) is 6.54 Å². The van der Waals surface area contributed by atoms with E-state index in [1.54, 1.807) is 6.20 Å². The second-order valence-corrected chi connectivity index (χ2v) is 6.74. The van der Waals surface area contributed by atoms with Crippen LogP contribution in [-0.2, 0) is 6.54 Å². The van der Waals surface area contributed by atoms with Crippen LogP contribution in [0.2, 0.25) is 0 Å². The molecule has 134 valence electrons. The maximum Gasteiger partial charge on any atom is 0.216 e. The lowest BCUT2D eigenvalue weighted by molar-refractivity contribution is 0.131. The topological polar surface area (TPSA) is 62.5 Å². The number of benzene rings is 1. The molecule has 5 nitrogen and oxygen atoms in total. The Bertz CT molecular complexity index is 683. The summed E-state index contributed by atoms with van der Waals surface area (Å²) in [6.07, 6.45) is 6.97. The Labute approximate surface area is 150 Å². The average Bonchev–Trinajstić information content (AvgIpc) is 3.09. The molecule has 25 heavy (non-hydrogen) atoms. The van der Waals surface area contributed by atoms with Crippen LogP contribution in [-0.4, -0.2) is 24.0 Å². The molecule has 0 aliphatic heterocycles. The van der Waals surface area contributed by atoms with E-state index in [4.69, 9.17) is 4.42 Å². The van der Waals surface area contributed by atoms with Crippen LogP contribution in [0.15, 0.2) is 45.9 Å². The monoisotopic (exact) mass is 340 g/mol. The zero-order valence-electron chi connectivity index (χ0n) is 15.2. The van der Waals surface area contributed by atoms with Crippen molar-refractivity contribution < 1.29 is 4.42 Å². The summed E-state index contributed by atoms with van der Waals surface area (Å²) in [4.78, 5) is 8.97. The molecular formula is C20H28N4O. The quantitative estimate of drug-likeness (QED) is 0.591. The van der Waals surface area contributed by atoms with E-state index in [9.17, 15) is 0 Å². The fourth-order valence-corrected chi connectivity index (χ4v) is 3.21. The van der Waals surface area contributed by atoms with E-state index in [0.29, 0.717) is 17.9 Å². The van der Waals surface area contributed by atoms with Crippen LogP contribution < -0.4 is 10.6 Å². The van der Waals surface area contributed by atoms with Gasteiger partial charge in [0.15, 0.2) is 11.7 Å². The highest BCUT2D eigenvalue weighted by molar-refractivity contribution is 5.79. The van der Waals surface area contributed by atoms with Gasteiger partial charge in [0.25, 0.3) is 0 Å². The Morgan fingerprint density at radius 1 is 1.20 bits per heavy atom. The van der Waals surface area contributed by atoms with Gasteiger partial charge >= 0.3 is 0 Å². The molecule has 2 aromatic rings. The Morgan fingerprint density at radius 2 is 2.00 bits per heavy atom. The van der Waals surface area contributed by atoms with Gasteiger partial charge in [0.05, 0.1) is 6.20 Å². The van der Waals surface area contributed by atoms with Gasteiger partial charge in [0.2, 0.25) is 5.89 Å². The van der Waals surface area contributed by atoms with E-state index in [0.717, 1.165) is 30.4 Å². The fraction of sp³-hybridized carbons (Fsp3) is 0.500. The molecule has 1 fully saturated rings. The van der Waals surface area contributed by atoms with Crippen molar-refractivity contribution in [2.24, 2.45) is 10.4 Å². The van der Waals surface area contributed by atoms with Gasteiger partial charge in [-0.25, -0.2) is 9.98 Å². The van der Waals surface area contributed by atoms with E-state index in [1.165, 1.54) is 25.7 Å². The SMILES string of the molecule is CCNC(=NCc1ncc(-c2ccccc2)o1)NCC1(CC)CCC1. The predicted molar refractivity (Wildman–Crippen MR) is 101 cm³/mol. The normalized spacial score (nSPS) is 16.3. The third-order valence-electron chi connectivity index (χ3n) is 5.12. The summed E-state index contributed by atoms with van der Waals surface area (Å²) in [5.41, 5.74) is 1.49. The van der Waals surface area contributed by atoms with Gasteiger partial charge in [-0.05, 0) is 31.6 Å². The molecule has 0 bridgehead atoms. The minimum absolute atomic E-state index is 0.432. The predicted octanol–water partition coefficient (Wildman–Crippen LogP) is 3.98. The molecule has 0 spiro atoms. The molecule has 0 amide bonds. The number of hydrogen-bond acceptors (Lipinski definition) is 3. The van der Waals surface area contributed by atoms with Crippen LogP contribution in [0, 0.1) is 5.41 Å². The Kier molecular flexibility index (Phi) is 5.74. The molecule has 1 heterocycles. The molecule has 0 atom stereocenters. The highest BCUT2D eigenvalue weighted by Gasteiger charge is 2.34. The molecule has 1 aliphatic carbocycles. The van der Waals surface area contributed by atoms with Crippen molar-refractivity contribution in [3.8, 4) is 11.3 Å². The molecule has 2 N–H and O–H groups in total. The van der Waals surface area contributed by atoms with Crippen LogP contribution in [0.1, 0.15) is 45.4 Å². The summed E-state index contributed by atoms with van der Waals surface area (Å²) >= 11 is 0. The first kappa shape index (κ1) is 17.5. The summed E-state index contributed by atoms with van der Waals surface area (Å²) in [5, 5.41) is 6.80. The van der Waals surface area contributed by atoms with Crippen LogP contribution in [0.4, 0.5) is 0 Å². The molecular weight excluding hydrogens is 312 g/mol. The average molecular weight is 340 g/mol. The van der Waals surface area contributed by atoms with Gasteiger partial charge in [-0.3, -0.25) is 0 Å². The van der Waals surface area contributed by atoms with Crippen LogP contribution in [0.3, 0.4) is 0 Å². The maximum absolute atomic E-state index is 5.82. The van der Waals surface area contributed by atoms with Crippen molar-refractivity contribution in [2.75, 3.05) is 13.1 Å². The van der Waals surface area contributed by atoms with Crippen molar-refractivity contribution >= 4 is 5.96 Å². The first-order chi connectivity index (χ1) is 12.2. The molecule has 3 rings (SSSR count). The minimum atomic E-state index is 0.432. The van der Waals surface area contributed by atoms with E-state index < -0.39 is 0 Å². The first-order valence-corrected chi connectivity index (χ1v) is 9.27. The summed E-state index contributed by atoms with van der Waals surface area (Å²) in [6.45, 7) is 6.61. The number of nitrogens with zero attached hydrogens (tertiary/aromatic N) is 2. The van der Waals surface area contributed by atoms with Gasteiger partial charge in [-0.2, -0.15) is 0 Å². The fourth-order valence-electron chi connectivity index (χ4n) is 3.21. The summed E-state index contributed by atoms with van der Waals surface area (Å²) in [7, 11) is 0. The number of guanidine groups is 1. The molecule has 5 heteroatoms. The second-order valence-electron chi connectivity index (χ2n) is 6.74. The molecule has 0 unspecified atom stereocenters. The molecule has 0 saturated heterocycles. The third kappa shape index (κ3) is 4.41. The van der Waals surface area contributed by atoms with E-state index in [-0.39, 0.29) is 0 Å². The van der Waals surface area contributed by atoms with E-state index in [1.807, 2.05) is 30.3 Å². The number of aliphatic imine (C=N–C) groups is 1. The van der Waals surface area contributed by atoms with Gasteiger partial charge in [-0.15, -0.1) is 0 Å². The summed E-state index contributed by atoms with van der Waals surface area (Å²) in [6, 6.07) is 10.0. The number of nitrogens with one attached hydrogen (secondary N) is 2. The molecule has 0 radical (unpaired) electrons. The number of aromatic nitrogens is 1. The highest BCUT2D eigenvalue weighted by Crippen LogP contribution is 2.42. The zero-order valence-corrected chi connectivity index (χ0v) is 15.2. The highest BCUT2D eigenvalue weighted by atomic mass is 16.4. The minimum Gasteiger partial charge on any atom is -0.439 e. The van der Waals surface area contributed by atoms with Crippen molar-refractivity contribution in [3.63, 3.8) is 0 Å². The van der Waals surface area contributed by atoms with Crippen molar-refractivity contribution in [2.45, 2.75) is 46.1 Å². The Hall–Kier alpha value is -2.30. The third-order valence-corrected chi connectivity index (χ3v) is 5.12. The molecule has 1 saturated carbocycles. The lowest BCUT2D eigenvalue weighted by atomic mass is 9.67. The maximum atomic E-state index is 5.82. The van der Waals surface area contributed by atoms with E-state index in [2.05, 4.69) is 34.5 Å². The lowest BCUT2D eigenvalue weighted by Crippen LogP contribution is -2.46. The smallest absolute Gasteiger partial charge is 0.216 e. The standard InChI is InChI=1S/C20H28N4O/c1-3-20(11-8-12-20)15-24-19(21-4-2)23-14-18-22-13-17(25-18)16-9-6-5-7-10-16/h5-7,9-10,13H,3-4,8,11-12,14-15H2,1-2H3,(H2,21,23,24). The van der Waals surface area contributed by atoms with Gasteiger partial charge in [-0.1, -0.05) is 43.7 Å². The largest absolute Gasteiger partial charge is 0.439 e. The second kappa shape index (κ2) is 8.19.